The molecule has 1 saturated heterocycles. The molecule has 0 unspecified atom stereocenters. The number of hydrogen-bond acceptors (Lipinski definition) is 4. The lowest BCUT2D eigenvalue weighted by Crippen LogP contribution is -2.44. The van der Waals surface area contributed by atoms with Gasteiger partial charge in [-0.1, -0.05) is 37.0 Å². The van der Waals surface area contributed by atoms with Gasteiger partial charge in [-0.05, 0) is 29.9 Å². The summed E-state index contributed by atoms with van der Waals surface area (Å²) in [5, 5.41) is -0.108. The standard InChI is InChI=1S/C15H18Cl3N3O3/c1-7-3-8(2)5-21(4-7)9(22)6-24-15(23)13-10(16)12(19)11(17)14(18)20-13/h7-8H,3-6H2,1-2H3,(H2,19,20)/p+1/t7-,8+. The molecule has 1 aromatic rings. The van der Waals surface area contributed by atoms with Crippen molar-refractivity contribution in [1.82, 2.24) is 4.90 Å². The third-order valence-electron chi connectivity index (χ3n) is 3.87. The lowest BCUT2D eigenvalue weighted by molar-refractivity contribution is -0.380. The highest BCUT2D eigenvalue weighted by Crippen LogP contribution is 2.32. The number of esters is 1. The first-order valence-electron chi connectivity index (χ1n) is 7.50. The second-order valence-electron chi connectivity index (χ2n) is 6.18. The monoisotopic (exact) mass is 394 g/mol. The summed E-state index contributed by atoms with van der Waals surface area (Å²) < 4.78 is 5.04. The first-order valence-corrected chi connectivity index (χ1v) is 8.64. The highest BCUT2D eigenvalue weighted by atomic mass is 35.5. The van der Waals surface area contributed by atoms with Gasteiger partial charge in [-0.2, -0.15) is 4.98 Å². The van der Waals surface area contributed by atoms with Crippen LogP contribution in [0.2, 0.25) is 15.2 Å². The van der Waals surface area contributed by atoms with Gasteiger partial charge in [-0.3, -0.25) is 4.79 Å². The number of aromatic nitrogens is 1. The summed E-state index contributed by atoms with van der Waals surface area (Å²) in [5.41, 5.74) is 5.50. The molecular formula is C15H19Cl3N3O3+. The minimum Gasteiger partial charge on any atom is -0.448 e. The van der Waals surface area contributed by atoms with Crippen molar-refractivity contribution in [3.8, 4) is 0 Å². The number of pyridine rings is 1. The lowest BCUT2D eigenvalue weighted by atomic mass is 9.92. The Morgan fingerprint density at radius 1 is 1.21 bits per heavy atom. The van der Waals surface area contributed by atoms with Gasteiger partial charge in [-0.15, -0.1) is 0 Å². The van der Waals surface area contributed by atoms with Gasteiger partial charge in [0.2, 0.25) is 0 Å². The van der Waals surface area contributed by atoms with Crippen LogP contribution in [0.3, 0.4) is 0 Å². The fourth-order valence-corrected chi connectivity index (χ4v) is 3.47. The van der Waals surface area contributed by atoms with Crippen molar-refractivity contribution in [1.29, 1.82) is 0 Å². The van der Waals surface area contributed by atoms with Crippen LogP contribution >= 0.6 is 34.8 Å². The Balaban J connectivity index is 2.02. The number of anilines is 1. The summed E-state index contributed by atoms with van der Waals surface area (Å²) in [6, 6.07) is 0. The molecule has 1 amide bonds. The zero-order chi connectivity index (χ0) is 18.0. The Bertz CT molecular complexity index is 659. The Kier molecular flexibility index (Phi) is 6.17. The van der Waals surface area contributed by atoms with E-state index in [1.54, 1.807) is 4.90 Å². The van der Waals surface area contributed by atoms with Gasteiger partial charge in [0.25, 0.3) is 11.1 Å². The molecular weight excluding hydrogens is 377 g/mol. The Hall–Kier alpha value is -1.24. The Morgan fingerprint density at radius 3 is 2.38 bits per heavy atom. The Morgan fingerprint density at radius 2 is 1.79 bits per heavy atom. The minimum atomic E-state index is -0.822. The third-order valence-corrected chi connectivity index (χ3v) is 5.04. The fourth-order valence-electron chi connectivity index (χ4n) is 2.87. The molecule has 2 atom stereocenters. The predicted molar refractivity (Wildman–Crippen MR) is 92.2 cm³/mol. The summed E-state index contributed by atoms with van der Waals surface area (Å²) in [7, 11) is 0. The van der Waals surface area contributed by atoms with Crippen LogP contribution in [0.15, 0.2) is 0 Å². The molecule has 0 radical (unpaired) electrons. The molecule has 1 aromatic heterocycles. The number of rotatable bonds is 3. The van der Waals surface area contributed by atoms with Crippen LogP contribution in [-0.4, -0.2) is 36.5 Å². The molecule has 3 N–H and O–H groups in total. The van der Waals surface area contributed by atoms with Crippen molar-refractivity contribution in [2.75, 3.05) is 25.4 Å². The number of H-pyrrole nitrogens is 1. The molecule has 1 aliphatic heterocycles. The second-order valence-corrected chi connectivity index (χ2v) is 7.31. The van der Waals surface area contributed by atoms with Crippen LogP contribution < -0.4 is 10.7 Å². The third kappa shape index (κ3) is 4.23. The molecule has 0 aliphatic carbocycles. The quantitative estimate of drug-likeness (QED) is 0.629. The van der Waals surface area contributed by atoms with E-state index in [2.05, 4.69) is 18.8 Å². The van der Waals surface area contributed by atoms with Gasteiger partial charge in [0.15, 0.2) is 6.61 Å². The summed E-state index contributed by atoms with van der Waals surface area (Å²) in [5.74, 6) is -0.222. The summed E-state index contributed by atoms with van der Waals surface area (Å²) in [6.07, 6.45) is 1.08. The van der Waals surface area contributed by atoms with E-state index >= 15 is 0 Å². The van der Waals surface area contributed by atoms with E-state index in [1.165, 1.54) is 0 Å². The van der Waals surface area contributed by atoms with E-state index in [0.29, 0.717) is 24.9 Å². The van der Waals surface area contributed by atoms with Gasteiger partial charge in [0, 0.05) is 13.1 Å². The minimum absolute atomic E-state index is 0.0191. The van der Waals surface area contributed by atoms with Crippen molar-refractivity contribution >= 4 is 52.4 Å². The predicted octanol–water partition coefficient (Wildman–Crippen LogP) is 2.70. The number of piperidine rings is 1. The summed E-state index contributed by atoms with van der Waals surface area (Å²) in [6.45, 7) is 5.13. The van der Waals surface area contributed by atoms with Crippen LogP contribution in [0.4, 0.5) is 5.69 Å². The number of ether oxygens (including phenoxy) is 1. The number of nitrogens with one attached hydrogen (secondary N) is 1. The van der Waals surface area contributed by atoms with Crippen LogP contribution in [0.1, 0.15) is 30.8 Å². The number of amides is 1. The second kappa shape index (κ2) is 7.76. The van der Waals surface area contributed by atoms with Crippen molar-refractivity contribution < 1.29 is 19.3 Å². The van der Waals surface area contributed by atoms with Crippen LogP contribution in [-0.2, 0) is 9.53 Å². The van der Waals surface area contributed by atoms with Crippen LogP contribution in [0.5, 0.6) is 0 Å². The molecule has 132 valence electrons. The number of likely N-dealkylation sites (tertiary alicyclic amines) is 1. The van der Waals surface area contributed by atoms with Crippen molar-refractivity contribution in [3.05, 3.63) is 20.9 Å². The zero-order valence-electron chi connectivity index (χ0n) is 13.4. The maximum Gasteiger partial charge on any atom is 0.405 e. The van der Waals surface area contributed by atoms with E-state index in [1.807, 2.05) is 0 Å². The molecule has 2 heterocycles. The maximum atomic E-state index is 12.2. The van der Waals surface area contributed by atoms with Gasteiger partial charge in [-0.25, -0.2) is 4.79 Å². The van der Waals surface area contributed by atoms with E-state index in [0.717, 1.165) is 6.42 Å². The highest BCUT2D eigenvalue weighted by molar-refractivity contribution is 6.45. The summed E-state index contributed by atoms with van der Waals surface area (Å²) >= 11 is 17.6. The summed E-state index contributed by atoms with van der Waals surface area (Å²) in [4.78, 5) is 28.6. The molecule has 6 nitrogen and oxygen atoms in total. The van der Waals surface area contributed by atoms with Gasteiger partial charge in [0.1, 0.15) is 10.0 Å². The van der Waals surface area contributed by atoms with Gasteiger partial charge in [0.05, 0.1) is 5.69 Å². The number of nitrogens with zero attached hydrogens (tertiary/aromatic N) is 1. The van der Waals surface area contributed by atoms with Crippen LogP contribution in [0.25, 0.3) is 0 Å². The molecule has 1 aliphatic rings. The van der Waals surface area contributed by atoms with Gasteiger partial charge < -0.3 is 15.4 Å². The number of halogens is 3. The van der Waals surface area contributed by atoms with E-state index in [4.69, 9.17) is 45.3 Å². The SMILES string of the molecule is C[C@@H]1C[C@H](C)CN(C(=O)COC(=O)c2[nH+]c(Cl)c(Cl)c(N)c2Cl)C1. The number of carbonyl (C=O) groups excluding carboxylic acids is 2. The topological polar surface area (TPSA) is 86.8 Å². The molecule has 2 rings (SSSR count). The van der Waals surface area contributed by atoms with E-state index < -0.39 is 5.97 Å². The van der Waals surface area contributed by atoms with Crippen molar-refractivity contribution in [2.45, 2.75) is 20.3 Å². The zero-order valence-corrected chi connectivity index (χ0v) is 15.6. The van der Waals surface area contributed by atoms with E-state index in [-0.39, 0.29) is 39.1 Å². The normalized spacial score (nSPS) is 20.8. The average Bonchev–Trinajstić information content (AvgIpc) is 2.52. The van der Waals surface area contributed by atoms with Gasteiger partial charge >= 0.3 is 11.7 Å². The Labute approximate surface area is 155 Å². The largest absolute Gasteiger partial charge is 0.448 e. The number of nitrogens with two attached hydrogens (primary N) is 1. The maximum absolute atomic E-state index is 12.2. The molecule has 1 fully saturated rings. The number of aromatic amines is 1. The number of nitrogen functional groups attached to an aromatic ring is 1. The number of carbonyl (C=O) groups is 2. The molecule has 9 heteroatoms. The van der Waals surface area contributed by atoms with Crippen molar-refractivity contribution in [2.24, 2.45) is 11.8 Å². The fraction of sp³-hybridized carbons (Fsp3) is 0.533. The average molecular weight is 396 g/mol. The molecule has 0 bridgehead atoms. The van der Waals surface area contributed by atoms with E-state index in [9.17, 15) is 9.59 Å². The lowest BCUT2D eigenvalue weighted by Gasteiger charge is -2.34. The smallest absolute Gasteiger partial charge is 0.405 e. The molecule has 24 heavy (non-hydrogen) atoms. The molecule has 0 saturated carbocycles. The number of hydrogen-bond donors (Lipinski definition) is 1. The van der Waals surface area contributed by atoms with Crippen LogP contribution in [0, 0.1) is 11.8 Å². The van der Waals surface area contributed by atoms with Crippen molar-refractivity contribution in [3.63, 3.8) is 0 Å². The molecule has 0 aromatic carbocycles. The first kappa shape index (κ1) is 19.1. The highest BCUT2D eigenvalue weighted by Gasteiger charge is 2.30. The first-order chi connectivity index (χ1) is 11.2. The molecule has 0 spiro atoms.